The lowest BCUT2D eigenvalue weighted by molar-refractivity contribution is -0.115. The molecule has 0 radical (unpaired) electrons. The first-order valence-electron chi connectivity index (χ1n) is 7.91. The molecule has 1 saturated heterocycles. The molecule has 2 amide bonds. The molecule has 132 valence electrons. The third kappa shape index (κ3) is 3.57. The Bertz CT molecular complexity index is 1150. The molecule has 0 spiro atoms. The van der Waals surface area contributed by atoms with E-state index in [1.165, 1.54) is 6.08 Å². The molecular formula is C20H12N2O4S. The van der Waals surface area contributed by atoms with Crippen LogP contribution in [0.1, 0.15) is 16.9 Å². The van der Waals surface area contributed by atoms with E-state index in [-0.39, 0.29) is 4.91 Å². The minimum absolute atomic E-state index is 0.290. The van der Waals surface area contributed by atoms with E-state index in [1.807, 2.05) is 24.3 Å². The van der Waals surface area contributed by atoms with Crippen LogP contribution in [-0.4, -0.2) is 23.2 Å². The number of carbonyl (C=O) groups is 2. The molecule has 1 aliphatic rings. The van der Waals surface area contributed by atoms with Gasteiger partial charge >= 0.3 is 0 Å². The number of aromatic nitrogens is 1. The monoisotopic (exact) mass is 376 g/mol. The van der Waals surface area contributed by atoms with Crippen LogP contribution in [0.15, 0.2) is 52.0 Å². The molecule has 1 N–H and O–H groups in total. The second-order valence-electron chi connectivity index (χ2n) is 5.58. The van der Waals surface area contributed by atoms with Crippen molar-refractivity contribution in [1.82, 2.24) is 10.3 Å². The van der Waals surface area contributed by atoms with E-state index >= 15 is 0 Å². The summed E-state index contributed by atoms with van der Waals surface area (Å²) >= 11 is 0.841. The van der Waals surface area contributed by atoms with E-state index in [0.29, 0.717) is 16.9 Å². The number of furan rings is 1. The van der Waals surface area contributed by atoms with Crippen molar-refractivity contribution in [2.45, 2.75) is 0 Å². The zero-order valence-corrected chi connectivity index (χ0v) is 14.9. The van der Waals surface area contributed by atoms with Crippen molar-refractivity contribution in [3.63, 3.8) is 0 Å². The highest BCUT2D eigenvalue weighted by Gasteiger charge is 2.25. The number of methoxy groups -OCH3 is 1. The first-order chi connectivity index (χ1) is 13.1. The molecule has 3 aromatic rings. The molecule has 2 aromatic heterocycles. The van der Waals surface area contributed by atoms with Crippen molar-refractivity contribution in [2.24, 2.45) is 0 Å². The van der Waals surface area contributed by atoms with Crippen LogP contribution in [0.25, 0.3) is 17.0 Å². The van der Waals surface area contributed by atoms with Crippen molar-refractivity contribution < 1.29 is 18.7 Å². The summed E-state index contributed by atoms with van der Waals surface area (Å²) in [7, 11) is 1.61. The van der Waals surface area contributed by atoms with Gasteiger partial charge in [-0.1, -0.05) is 11.8 Å². The van der Waals surface area contributed by atoms with Gasteiger partial charge in [-0.3, -0.25) is 19.9 Å². The van der Waals surface area contributed by atoms with Gasteiger partial charge in [-0.05, 0) is 42.1 Å². The fourth-order valence-electron chi connectivity index (χ4n) is 2.51. The molecule has 0 aliphatic carbocycles. The molecule has 0 atom stereocenters. The fourth-order valence-corrected chi connectivity index (χ4v) is 3.17. The molecule has 0 unspecified atom stereocenters. The van der Waals surface area contributed by atoms with Gasteiger partial charge < -0.3 is 9.15 Å². The molecule has 7 heteroatoms. The maximum absolute atomic E-state index is 11.7. The second-order valence-corrected chi connectivity index (χ2v) is 6.60. The SMILES string of the molecule is COc1ccc(C#Cc2cncc3cc(/C=C4/SC(=O)NC4=O)oc23)cc1. The van der Waals surface area contributed by atoms with Gasteiger partial charge in [-0.15, -0.1) is 0 Å². The summed E-state index contributed by atoms with van der Waals surface area (Å²) in [4.78, 5) is 27.4. The number of carbonyl (C=O) groups excluding carboxylic acids is 2. The van der Waals surface area contributed by atoms with Gasteiger partial charge in [-0.2, -0.15) is 0 Å². The normalized spacial score (nSPS) is 14.9. The Balaban J connectivity index is 1.68. The summed E-state index contributed by atoms with van der Waals surface area (Å²) in [6, 6.07) is 9.16. The van der Waals surface area contributed by atoms with Crippen LogP contribution >= 0.6 is 11.8 Å². The summed E-state index contributed by atoms with van der Waals surface area (Å²) in [6.45, 7) is 0. The van der Waals surface area contributed by atoms with Crippen molar-refractivity contribution in [1.29, 1.82) is 0 Å². The average molecular weight is 376 g/mol. The smallest absolute Gasteiger partial charge is 0.290 e. The number of hydrogen-bond donors (Lipinski definition) is 1. The predicted molar refractivity (Wildman–Crippen MR) is 102 cm³/mol. The number of pyridine rings is 1. The molecule has 3 heterocycles. The Morgan fingerprint density at radius 3 is 2.70 bits per heavy atom. The lowest BCUT2D eigenvalue weighted by Gasteiger charge is -1.97. The maximum Gasteiger partial charge on any atom is 0.290 e. The highest BCUT2D eigenvalue weighted by atomic mass is 32.2. The van der Waals surface area contributed by atoms with E-state index in [1.54, 1.807) is 25.6 Å². The number of fused-ring (bicyclic) bond motifs is 1. The summed E-state index contributed by atoms with van der Waals surface area (Å²) < 4.78 is 11.0. The highest BCUT2D eigenvalue weighted by molar-refractivity contribution is 8.18. The van der Waals surface area contributed by atoms with E-state index in [4.69, 9.17) is 9.15 Å². The van der Waals surface area contributed by atoms with Crippen LogP contribution in [0.5, 0.6) is 5.75 Å². The topological polar surface area (TPSA) is 81.4 Å². The van der Waals surface area contributed by atoms with Crippen molar-refractivity contribution in [2.75, 3.05) is 7.11 Å². The first kappa shape index (κ1) is 16.9. The van der Waals surface area contributed by atoms with Crippen LogP contribution in [0.2, 0.25) is 0 Å². The Morgan fingerprint density at radius 2 is 2.00 bits per heavy atom. The van der Waals surface area contributed by atoms with Gasteiger partial charge in [0.2, 0.25) is 0 Å². The molecule has 4 rings (SSSR count). The predicted octanol–water partition coefficient (Wildman–Crippen LogP) is 3.56. The van der Waals surface area contributed by atoms with Crippen molar-refractivity contribution in [3.8, 4) is 17.6 Å². The Morgan fingerprint density at radius 1 is 1.19 bits per heavy atom. The largest absolute Gasteiger partial charge is 0.497 e. The highest BCUT2D eigenvalue weighted by Crippen LogP contribution is 2.28. The van der Waals surface area contributed by atoms with Gasteiger partial charge in [0.15, 0.2) is 5.58 Å². The number of hydrogen-bond acceptors (Lipinski definition) is 6. The Hall–Kier alpha value is -3.50. The van der Waals surface area contributed by atoms with E-state index in [2.05, 4.69) is 22.1 Å². The maximum atomic E-state index is 11.7. The molecular weight excluding hydrogens is 364 g/mol. The van der Waals surface area contributed by atoms with Crippen molar-refractivity contribution >= 4 is 40.0 Å². The third-order valence-corrected chi connectivity index (χ3v) is 4.60. The summed E-state index contributed by atoms with van der Waals surface area (Å²) in [6.07, 6.45) is 4.82. The first-order valence-corrected chi connectivity index (χ1v) is 8.72. The molecule has 1 aromatic carbocycles. The van der Waals surface area contributed by atoms with E-state index in [9.17, 15) is 9.59 Å². The zero-order valence-electron chi connectivity index (χ0n) is 14.1. The summed E-state index contributed by atoms with van der Waals surface area (Å²) in [5.41, 5.74) is 2.04. The molecule has 0 bridgehead atoms. The summed E-state index contributed by atoms with van der Waals surface area (Å²) in [5.74, 6) is 6.92. The minimum atomic E-state index is -0.428. The third-order valence-electron chi connectivity index (χ3n) is 3.79. The lowest BCUT2D eigenvalue weighted by Crippen LogP contribution is -2.17. The standard InChI is InChI=1S/C20H12N2O4S/c1-25-15-6-3-12(4-7-15)2-5-13-10-21-11-14-8-16(26-18(13)14)9-17-19(23)22-20(24)27-17/h3-4,6-11H,1H3,(H,22,23,24)/b17-9+. The molecule has 0 saturated carbocycles. The number of nitrogens with one attached hydrogen (secondary N) is 1. The number of rotatable bonds is 2. The van der Waals surface area contributed by atoms with Gasteiger partial charge in [0.25, 0.3) is 11.1 Å². The fraction of sp³-hybridized carbons (Fsp3) is 0.0500. The van der Waals surface area contributed by atoms with Gasteiger partial charge in [0.1, 0.15) is 11.5 Å². The number of nitrogens with zero attached hydrogens (tertiary/aromatic N) is 1. The van der Waals surface area contributed by atoms with Crippen LogP contribution in [0.3, 0.4) is 0 Å². The molecule has 27 heavy (non-hydrogen) atoms. The minimum Gasteiger partial charge on any atom is -0.497 e. The Labute approximate surface area is 158 Å². The number of thioether (sulfide) groups is 1. The average Bonchev–Trinajstić information content (AvgIpc) is 3.22. The van der Waals surface area contributed by atoms with Crippen LogP contribution in [0, 0.1) is 11.8 Å². The van der Waals surface area contributed by atoms with E-state index < -0.39 is 11.1 Å². The van der Waals surface area contributed by atoms with Gasteiger partial charge in [0, 0.05) is 29.4 Å². The second kappa shape index (κ2) is 7.02. The van der Waals surface area contributed by atoms with Crippen molar-refractivity contribution in [3.05, 3.63) is 64.5 Å². The summed E-state index contributed by atoms with van der Waals surface area (Å²) in [5, 5.41) is 2.58. The number of benzene rings is 1. The van der Waals surface area contributed by atoms with Crippen LogP contribution < -0.4 is 10.1 Å². The van der Waals surface area contributed by atoms with Gasteiger partial charge in [0.05, 0.1) is 17.6 Å². The number of ether oxygens (including phenoxy) is 1. The molecule has 6 nitrogen and oxygen atoms in total. The van der Waals surface area contributed by atoms with Crippen LogP contribution in [0.4, 0.5) is 4.79 Å². The van der Waals surface area contributed by atoms with E-state index in [0.717, 1.165) is 28.5 Å². The quantitative estimate of drug-likeness (QED) is 0.544. The Kier molecular flexibility index (Phi) is 4.40. The van der Waals surface area contributed by atoms with Gasteiger partial charge in [-0.25, -0.2) is 0 Å². The number of imide groups is 1. The number of amides is 2. The van der Waals surface area contributed by atoms with Crippen LogP contribution in [-0.2, 0) is 4.79 Å². The molecule has 1 fully saturated rings. The lowest BCUT2D eigenvalue weighted by atomic mass is 10.2. The molecule has 1 aliphatic heterocycles. The zero-order chi connectivity index (χ0) is 18.8.